The van der Waals surface area contributed by atoms with Gasteiger partial charge in [0.25, 0.3) is 5.91 Å². The van der Waals surface area contributed by atoms with E-state index < -0.39 is 31.1 Å². The Labute approximate surface area is 106 Å². The summed E-state index contributed by atoms with van der Waals surface area (Å²) in [5.41, 5.74) is 0.315. The topological polar surface area (TPSA) is 75.4 Å². The highest BCUT2D eigenvalue weighted by molar-refractivity contribution is 5.96. The molecule has 0 radical (unpaired) electrons. The molecule has 0 spiro atoms. The van der Waals surface area contributed by atoms with E-state index in [1.807, 2.05) is 0 Å². The van der Waals surface area contributed by atoms with Gasteiger partial charge in [0.1, 0.15) is 13.1 Å². The largest absolute Gasteiger partial charge is 0.480 e. The molecule has 0 unspecified atom stereocenters. The maximum Gasteiger partial charge on any atom is 0.406 e. The minimum Gasteiger partial charge on any atom is -0.480 e. The Kier molecular flexibility index (Phi) is 4.17. The number of rotatable bonds is 4. The maximum atomic E-state index is 12.3. The van der Waals surface area contributed by atoms with E-state index in [1.165, 1.54) is 18.7 Å². The minimum atomic E-state index is -4.67. The van der Waals surface area contributed by atoms with Crippen LogP contribution in [-0.4, -0.2) is 50.9 Å². The molecule has 0 atom stereocenters. The van der Waals surface area contributed by atoms with Crippen LogP contribution in [-0.2, 0) is 11.8 Å². The highest BCUT2D eigenvalue weighted by atomic mass is 19.4. The number of aliphatic carboxylic acids is 1. The van der Waals surface area contributed by atoms with Gasteiger partial charge in [0.05, 0.1) is 11.8 Å². The quantitative estimate of drug-likeness (QED) is 0.885. The third-order valence-corrected chi connectivity index (χ3v) is 2.45. The average molecular weight is 279 g/mol. The Morgan fingerprint density at radius 2 is 2.05 bits per heavy atom. The number of amides is 1. The van der Waals surface area contributed by atoms with Crippen LogP contribution in [0.2, 0.25) is 0 Å². The summed E-state index contributed by atoms with van der Waals surface area (Å²) in [6, 6.07) is 0. The van der Waals surface area contributed by atoms with Gasteiger partial charge < -0.3 is 10.0 Å². The maximum absolute atomic E-state index is 12.3. The Morgan fingerprint density at radius 3 is 2.42 bits per heavy atom. The van der Waals surface area contributed by atoms with E-state index in [9.17, 15) is 22.8 Å². The molecule has 0 aliphatic heterocycles. The van der Waals surface area contributed by atoms with E-state index >= 15 is 0 Å². The zero-order chi connectivity index (χ0) is 14.8. The van der Waals surface area contributed by atoms with Crippen LogP contribution in [0, 0.1) is 6.92 Å². The van der Waals surface area contributed by atoms with Crippen LogP contribution in [0.1, 0.15) is 16.1 Å². The number of aromatic nitrogens is 2. The predicted molar refractivity (Wildman–Crippen MR) is 57.5 cm³/mol. The van der Waals surface area contributed by atoms with Gasteiger partial charge in [-0.25, -0.2) is 0 Å². The van der Waals surface area contributed by atoms with Crippen molar-refractivity contribution in [3.8, 4) is 0 Å². The van der Waals surface area contributed by atoms with Gasteiger partial charge >= 0.3 is 12.1 Å². The van der Waals surface area contributed by atoms with Crippen molar-refractivity contribution in [2.24, 2.45) is 7.05 Å². The summed E-state index contributed by atoms with van der Waals surface area (Å²) in [7, 11) is 1.53. The summed E-state index contributed by atoms with van der Waals surface area (Å²) in [6.45, 7) is -1.13. The van der Waals surface area contributed by atoms with Gasteiger partial charge in [-0.3, -0.25) is 14.3 Å². The monoisotopic (exact) mass is 279 g/mol. The standard InChI is InChI=1S/C10H12F3N3O3/c1-6-7(3-14-15(6)2)9(19)16(4-8(17)18)5-10(11,12)13/h3H,4-5H2,1-2H3,(H,17,18). The lowest BCUT2D eigenvalue weighted by Gasteiger charge is -2.21. The fourth-order valence-electron chi connectivity index (χ4n) is 1.46. The van der Waals surface area contributed by atoms with E-state index in [-0.39, 0.29) is 10.5 Å². The van der Waals surface area contributed by atoms with Crippen molar-refractivity contribution in [2.75, 3.05) is 13.1 Å². The van der Waals surface area contributed by atoms with Crippen molar-refractivity contribution in [3.05, 3.63) is 17.5 Å². The second kappa shape index (κ2) is 5.29. The first-order chi connectivity index (χ1) is 8.61. The van der Waals surface area contributed by atoms with Crippen LogP contribution in [0.4, 0.5) is 13.2 Å². The number of halogens is 3. The van der Waals surface area contributed by atoms with Crippen LogP contribution < -0.4 is 0 Å². The number of alkyl halides is 3. The number of carboxylic acids is 1. The Morgan fingerprint density at radius 1 is 1.47 bits per heavy atom. The van der Waals surface area contributed by atoms with E-state index in [0.29, 0.717) is 5.69 Å². The molecule has 1 heterocycles. The summed E-state index contributed by atoms with van der Waals surface area (Å²) >= 11 is 0. The lowest BCUT2D eigenvalue weighted by molar-refractivity contribution is -0.149. The van der Waals surface area contributed by atoms with Crippen molar-refractivity contribution in [1.82, 2.24) is 14.7 Å². The number of carbonyl (C=O) groups excluding carboxylic acids is 1. The summed E-state index contributed by atoms with van der Waals surface area (Å²) in [6.07, 6.45) is -3.55. The van der Waals surface area contributed by atoms with Crippen molar-refractivity contribution < 1.29 is 27.9 Å². The van der Waals surface area contributed by atoms with Crippen molar-refractivity contribution in [1.29, 1.82) is 0 Å². The molecule has 19 heavy (non-hydrogen) atoms. The Hall–Kier alpha value is -2.06. The van der Waals surface area contributed by atoms with Gasteiger partial charge in [-0.1, -0.05) is 0 Å². The Balaban J connectivity index is 3.00. The SMILES string of the molecule is Cc1c(C(=O)N(CC(=O)O)CC(F)(F)F)cnn1C. The van der Waals surface area contributed by atoms with E-state index in [2.05, 4.69) is 5.10 Å². The number of aryl methyl sites for hydroxylation is 1. The fourth-order valence-corrected chi connectivity index (χ4v) is 1.46. The average Bonchev–Trinajstić information content (AvgIpc) is 2.55. The number of hydrogen-bond donors (Lipinski definition) is 1. The molecule has 6 nitrogen and oxygen atoms in total. The molecule has 0 fully saturated rings. The molecule has 9 heteroatoms. The molecular weight excluding hydrogens is 267 g/mol. The van der Waals surface area contributed by atoms with Gasteiger partial charge in [-0.15, -0.1) is 0 Å². The van der Waals surface area contributed by atoms with E-state index in [1.54, 1.807) is 0 Å². The number of carboxylic acid groups (broad SMARTS) is 1. The molecular formula is C10H12F3N3O3. The molecule has 0 saturated carbocycles. The first-order valence-corrected chi connectivity index (χ1v) is 5.18. The molecule has 0 bridgehead atoms. The molecule has 106 valence electrons. The zero-order valence-corrected chi connectivity index (χ0v) is 10.2. The number of nitrogens with zero attached hydrogens (tertiary/aromatic N) is 3. The smallest absolute Gasteiger partial charge is 0.406 e. The predicted octanol–water partition coefficient (Wildman–Crippen LogP) is 0.818. The highest BCUT2D eigenvalue weighted by Crippen LogP contribution is 2.19. The fraction of sp³-hybridized carbons (Fsp3) is 0.500. The second-order valence-electron chi connectivity index (χ2n) is 3.94. The first kappa shape index (κ1) is 15.0. The first-order valence-electron chi connectivity index (χ1n) is 5.18. The van der Waals surface area contributed by atoms with E-state index in [0.717, 1.165) is 6.20 Å². The third kappa shape index (κ3) is 3.97. The molecule has 1 aromatic heterocycles. The zero-order valence-electron chi connectivity index (χ0n) is 10.2. The van der Waals surface area contributed by atoms with Crippen molar-refractivity contribution >= 4 is 11.9 Å². The van der Waals surface area contributed by atoms with Gasteiger partial charge in [-0.2, -0.15) is 18.3 Å². The van der Waals surface area contributed by atoms with E-state index in [4.69, 9.17) is 5.11 Å². The normalized spacial score (nSPS) is 11.4. The molecule has 1 amide bonds. The second-order valence-corrected chi connectivity index (χ2v) is 3.94. The molecule has 0 aliphatic rings. The van der Waals surface area contributed by atoms with Crippen LogP contribution in [0.5, 0.6) is 0 Å². The lowest BCUT2D eigenvalue weighted by atomic mass is 10.2. The van der Waals surface area contributed by atoms with Gasteiger partial charge in [0, 0.05) is 12.7 Å². The van der Waals surface area contributed by atoms with Crippen molar-refractivity contribution in [3.63, 3.8) is 0 Å². The molecule has 1 rings (SSSR count). The Bertz CT molecular complexity index is 496. The van der Waals surface area contributed by atoms with Gasteiger partial charge in [0.2, 0.25) is 0 Å². The third-order valence-electron chi connectivity index (χ3n) is 2.45. The van der Waals surface area contributed by atoms with Crippen LogP contribution in [0.15, 0.2) is 6.20 Å². The molecule has 1 N–H and O–H groups in total. The van der Waals surface area contributed by atoms with Gasteiger partial charge in [-0.05, 0) is 6.92 Å². The van der Waals surface area contributed by atoms with Crippen LogP contribution in [0.3, 0.4) is 0 Å². The summed E-state index contributed by atoms with van der Waals surface area (Å²) in [5, 5.41) is 12.3. The molecule has 1 aromatic rings. The van der Waals surface area contributed by atoms with Crippen LogP contribution >= 0.6 is 0 Å². The van der Waals surface area contributed by atoms with Gasteiger partial charge in [0.15, 0.2) is 0 Å². The van der Waals surface area contributed by atoms with Crippen molar-refractivity contribution in [2.45, 2.75) is 13.1 Å². The lowest BCUT2D eigenvalue weighted by Crippen LogP contribution is -2.42. The number of hydrogen-bond acceptors (Lipinski definition) is 3. The van der Waals surface area contributed by atoms with Crippen LogP contribution in [0.25, 0.3) is 0 Å². The highest BCUT2D eigenvalue weighted by Gasteiger charge is 2.35. The summed E-state index contributed by atoms with van der Waals surface area (Å²) in [5.74, 6) is -2.52. The molecule has 0 saturated heterocycles. The summed E-state index contributed by atoms with van der Waals surface area (Å²) in [4.78, 5) is 22.7. The summed E-state index contributed by atoms with van der Waals surface area (Å²) < 4.78 is 38.3. The number of carbonyl (C=O) groups is 2. The molecule has 0 aliphatic carbocycles. The molecule has 0 aromatic carbocycles. The minimum absolute atomic E-state index is 0.0481.